The number of hydrogen-bond acceptors (Lipinski definition) is 1. The minimum absolute atomic E-state index is 0.937. The maximum atomic E-state index is 7.02. The number of furan rings is 1. The molecular weight excluding hydrogens is 641 g/mol. The van der Waals surface area contributed by atoms with Gasteiger partial charge >= 0.3 is 0 Å². The zero-order valence-corrected chi connectivity index (χ0v) is 28.6. The molecule has 0 amide bonds. The lowest BCUT2D eigenvalue weighted by Crippen LogP contribution is -1.91. The number of fused-ring (bicyclic) bond motifs is 7. The molecule has 0 saturated heterocycles. The first-order valence-corrected chi connectivity index (χ1v) is 18.4. The van der Waals surface area contributed by atoms with E-state index in [1.54, 1.807) is 0 Å². The molecule has 0 aliphatic heterocycles. The lowest BCUT2D eigenvalue weighted by atomic mass is 9.85. The van der Waals surface area contributed by atoms with Crippen molar-refractivity contribution in [2.75, 3.05) is 0 Å². The molecule has 13 aromatic rings. The summed E-state index contributed by atoms with van der Waals surface area (Å²) in [6.07, 6.45) is 0. The summed E-state index contributed by atoms with van der Waals surface area (Å²) in [6.45, 7) is 0. The van der Waals surface area contributed by atoms with Crippen LogP contribution in [0.3, 0.4) is 0 Å². The zero-order chi connectivity index (χ0) is 34.4. The van der Waals surface area contributed by atoms with Crippen molar-refractivity contribution in [1.82, 2.24) is 0 Å². The van der Waals surface area contributed by atoms with Gasteiger partial charge in [0.15, 0.2) is 0 Å². The molecule has 0 atom stereocenters. The van der Waals surface area contributed by atoms with Crippen molar-refractivity contribution in [2.45, 2.75) is 0 Å². The van der Waals surface area contributed by atoms with Crippen LogP contribution in [-0.4, -0.2) is 0 Å². The first-order chi connectivity index (χ1) is 26.3. The van der Waals surface area contributed by atoms with Gasteiger partial charge in [0.2, 0.25) is 0 Å². The molecule has 12 aromatic carbocycles. The predicted molar refractivity (Wildman–Crippen MR) is 227 cm³/mol. The molecule has 242 valence electrons. The Kier molecular flexibility index (Phi) is 5.17. The van der Waals surface area contributed by atoms with Gasteiger partial charge in [0.1, 0.15) is 11.2 Å². The third kappa shape index (κ3) is 3.61. The monoisotopic (exact) mass is 668 g/mol. The summed E-state index contributed by atoms with van der Waals surface area (Å²) in [5.41, 5.74) is 6.76. The fraction of sp³-hybridized carbons (Fsp3) is 0. The van der Waals surface area contributed by atoms with Gasteiger partial charge in [-0.15, -0.1) is 0 Å². The molecule has 1 nitrogen and oxygen atoms in total. The van der Waals surface area contributed by atoms with Gasteiger partial charge in [-0.25, -0.2) is 0 Å². The predicted octanol–water partition coefficient (Wildman–Crippen LogP) is 15.0. The van der Waals surface area contributed by atoms with Gasteiger partial charge < -0.3 is 4.42 Å². The first-order valence-electron chi connectivity index (χ1n) is 18.4. The van der Waals surface area contributed by atoms with E-state index >= 15 is 0 Å². The second kappa shape index (κ2) is 9.88. The van der Waals surface area contributed by atoms with Crippen molar-refractivity contribution in [1.29, 1.82) is 0 Å². The minimum atomic E-state index is 0.937. The Morgan fingerprint density at radius 3 is 1.38 bits per heavy atom. The molecule has 0 N–H and O–H groups in total. The van der Waals surface area contributed by atoms with E-state index in [0.717, 1.165) is 32.7 Å². The summed E-state index contributed by atoms with van der Waals surface area (Å²) in [6, 6.07) is 63.2. The lowest BCUT2D eigenvalue weighted by molar-refractivity contribution is 0.676. The maximum Gasteiger partial charge on any atom is 0.143 e. The van der Waals surface area contributed by atoms with Crippen molar-refractivity contribution in [3.05, 3.63) is 170 Å². The number of hydrogen-bond donors (Lipinski definition) is 0. The molecule has 0 bridgehead atoms. The molecule has 0 spiro atoms. The fourth-order valence-electron chi connectivity index (χ4n) is 9.73. The Morgan fingerprint density at radius 2 is 0.698 bits per heavy atom. The lowest BCUT2D eigenvalue weighted by Gasteiger charge is -2.18. The molecule has 0 radical (unpaired) electrons. The van der Waals surface area contributed by atoms with E-state index in [9.17, 15) is 0 Å². The third-order valence-electron chi connectivity index (χ3n) is 12.1. The van der Waals surface area contributed by atoms with E-state index < -0.39 is 0 Å². The minimum Gasteiger partial charge on any atom is -0.455 e. The van der Waals surface area contributed by atoms with Crippen molar-refractivity contribution in [3.63, 3.8) is 0 Å². The fourth-order valence-corrected chi connectivity index (χ4v) is 9.73. The van der Waals surface area contributed by atoms with Crippen molar-refractivity contribution in [3.8, 4) is 22.3 Å². The molecule has 0 aliphatic rings. The molecule has 1 heterocycles. The van der Waals surface area contributed by atoms with Crippen LogP contribution in [0.4, 0.5) is 0 Å². The molecular formula is C52H28O. The van der Waals surface area contributed by atoms with Crippen LogP contribution in [0.5, 0.6) is 0 Å². The van der Waals surface area contributed by atoms with Crippen LogP contribution < -0.4 is 0 Å². The highest BCUT2D eigenvalue weighted by molar-refractivity contribution is 6.29. The van der Waals surface area contributed by atoms with E-state index in [4.69, 9.17) is 4.42 Å². The molecule has 1 aromatic heterocycles. The quantitative estimate of drug-likeness (QED) is 0.167. The average Bonchev–Trinajstić information content (AvgIpc) is 3.61. The van der Waals surface area contributed by atoms with E-state index in [2.05, 4.69) is 170 Å². The summed E-state index contributed by atoms with van der Waals surface area (Å²) in [4.78, 5) is 0. The molecule has 0 fully saturated rings. The summed E-state index contributed by atoms with van der Waals surface area (Å²) >= 11 is 0. The van der Waals surface area contributed by atoms with Crippen molar-refractivity contribution >= 4 is 108 Å². The van der Waals surface area contributed by atoms with Gasteiger partial charge in [0, 0.05) is 21.5 Å². The van der Waals surface area contributed by atoms with Crippen LogP contribution in [0.25, 0.3) is 130 Å². The van der Waals surface area contributed by atoms with E-state index in [1.807, 2.05) is 0 Å². The molecule has 0 unspecified atom stereocenters. The van der Waals surface area contributed by atoms with Gasteiger partial charge in [-0.05, 0) is 122 Å². The van der Waals surface area contributed by atoms with Gasteiger partial charge in [0.05, 0.1) is 0 Å². The second-order valence-electron chi connectivity index (χ2n) is 14.8. The molecule has 0 saturated carbocycles. The Labute approximate surface area is 303 Å². The normalized spacial score (nSPS) is 12.5. The molecule has 53 heavy (non-hydrogen) atoms. The van der Waals surface area contributed by atoms with E-state index in [-0.39, 0.29) is 0 Å². The van der Waals surface area contributed by atoms with Gasteiger partial charge in [-0.1, -0.05) is 146 Å². The SMILES string of the molecule is c1ccc2c(c1)ccc1c3ccc4c(-c5ccc6ccc7cccc8ccc5c6c78)cc(-c5ccc6ccc7cccc8ccc5c6c78)cc4c3oc21. The zero-order valence-electron chi connectivity index (χ0n) is 28.6. The summed E-state index contributed by atoms with van der Waals surface area (Å²) < 4.78 is 7.02. The standard InChI is InChI=1S/C52H28O/c1-2-10-38-29(5-1)15-24-43-44-26-25-40-45(39-21-17-35-14-12-31-7-4-9-33-19-23-42(39)50(35)48(31)33)27-36(28-46(40)52(44)53-51(38)43)37-20-16-34-13-11-30-6-3-8-32-18-22-41(37)49(34)47(30)32/h1-28H. The average molecular weight is 669 g/mol. The summed E-state index contributed by atoms with van der Waals surface area (Å²) in [7, 11) is 0. The van der Waals surface area contributed by atoms with Crippen LogP contribution in [0.2, 0.25) is 0 Å². The van der Waals surface area contributed by atoms with E-state index in [1.165, 1.54) is 97.7 Å². The van der Waals surface area contributed by atoms with Crippen LogP contribution in [0.1, 0.15) is 0 Å². The highest BCUT2D eigenvalue weighted by atomic mass is 16.3. The Hall–Kier alpha value is -6.96. The summed E-state index contributed by atoms with van der Waals surface area (Å²) in [5.74, 6) is 0. The van der Waals surface area contributed by atoms with Gasteiger partial charge in [-0.2, -0.15) is 0 Å². The second-order valence-corrected chi connectivity index (χ2v) is 14.8. The van der Waals surface area contributed by atoms with Crippen LogP contribution in [0, 0.1) is 0 Å². The van der Waals surface area contributed by atoms with E-state index in [0.29, 0.717) is 0 Å². The third-order valence-corrected chi connectivity index (χ3v) is 12.1. The Morgan fingerprint density at radius 1 is 0.245 bits per heavy atom. The van der Waals surface area contributed by atoms with Gasteiger partial charge in [-0.3, -0.25) is 0 Å². The number of benzene rings is 12. The molecule has 13 rings (SSSR count). The number of rotatable bonds is 2. The molecule has 0 aliphatic carbocycles. The topological polar surface area (TPSA) is 13.1 Å². The first kappa shape index (κ1) is 27.7. The summed E-state index contributed by atoms with van der Waals surface area (Å²) in [5, 5.41) is 22.5. The van der Waals surface area contributed by atoms with Crippen LogP contribution in [0.15, 0.2) is 174 Å². The highest BCUT2D eigenvalue weighted by Gasteiger charge is 2.20. The molecule has 1 heteroatoms. The largest absolute Gasteiger partial charge is 0.455 e. The highest BCUT2D eigenvalue weighted by Crippen LogP contribution is 2.47. The van der Waals surface area contributed by atoms with Crippen molar-refractivity contribution in [2.24, 2.45) is 0 Å². The maximum absolute atomic E-state index is 7.02. The van der Waals surface area contributed by atoms with Crippen LogP contribution >= 0.6 is 0 Å². The Balaban J connectivity index is 1.19. The smallest absolute Gasteiger partial charge is 0.143 e. The van der Waals surface area contributed by atoms with Crippen molar-refractivity contribution < 1.29 is 4.42 Å². The van der Waals surface area contributed by atoms with Gasteiger partial charge in [0.25, 0.3) is 0 Å². The van der Waals surface area contributed by atoms with Crippen LogP contribution in [-0.2, 0) is 0 Å². The Bertz CT molecular complexity index is 3640.